The molecule has 3 aromatic rings. The van der Waals surface area contributed by atoms with Gasteiger partial charge in [0, 0.05) is 58.1 Å². The minimum absolute atomic E-state index is 0.00932. The topological polar surface area (TPSA) is 177 Å². The number of hydrogen-bond donors (Lipinski definition) is 7. The molecule has 0 amide bonds. The molecule has 18 rings (SSSR count). The lowest BCUT2D eigenvalue weighted by Gasteiger charge is -2.75. The second kappa shape index (κ2) is 20.8. The zero-order chi connectivity index (χ0) is 59.6. The number of aryl methyl sites for hydroxylation is 1. The lowest BCUT2D eigenvalue weighted by molar-refractivity contribution is -0.385. The van der Waals surface area contributed by atoms with E-state index in [-0.39, 0.29) is 73.3 Å². The summed E-state index contributed by atoms with van der Waals surface area (Å²) in [6.45, 7) is 2.15. The van der Waals surface area contributed by atoms with E-state index < -0.39 is 86.4 Å². The number of benzene rings is 3. The Kier molecular flexibility index (Phi) is 13.8. The Morgan fingerprint density at radius 2 is 1.53 bits per heavy atom. The number of fused-ring (bicyclic) bond motifs is 4. The van der Waals surface area contributed by atoms with Crippen molar-refractivity contribution in [3.63, 3.8) is 0 Å². The van der Waals surface area contributed by atoms with Crippen LogP contribution < -0.4 is 5.32 Å². The van der Waals surface area contributed by atoms with Crippen molar-refractivity contribution >= 4 is 12.3 Å². The maximum absolute atomic E-state index is 15.7. The lowest BCUT2D eigenvalue weighted by atomic mass is 9.32. The van der Waals surface area contributed by atoms with Gasteiger partial charge in [-0.1, -0.05) is 117 Å². The molecule has 0 aromatic heterocycles. The number of likely N-dealkylation sites (N-methyl/N-ethyl adjacent to an activating group) is 1. The maximum atomic E-state index is 15.7. The summed E-state index contributed by atoms with van der Waals surface area (Å²) < 4.78 is 6.58. The van der Waals surface area contributed by atoms with Gasteiger partial charge in [-0.15, -0.1) is 0 Å². The molecule has 23 atom stereocenters. The van der Waals surface area contributed by atoms with E-state index in [1.54, 1.807) is 6.08 Å². The number of aldehydes is 1. The van der Waals surface area contributed by atoms with E-state index in [9.17, 15) is 25.2 Å². The van der Waals surface area contributed by atoms with E-state index in [2.05, 4.69) is 90.8 Å². The summed E-state index contributed by atoms with van der Waals surface area (Å²) in [6, 6.07) is 24.3. The highest BCUT2D eigenvalue weighted by Gasteiger charge is 2.87. The smallest absolute Gasteiger partial charge is 0.331 e. The van der Waals surface area contributed by atoms with Crippen molar-refractivity contribution in [2.45, 2.75) is 215 Å². The molecule has 9 fully saturated rings. The van der Waals surface area contributed by atoms with Gasteiger partial charge in [-0.3, -0.25) is 0 Å². The summed E-state index contributed by atoms with van der Waals surface area (Å²) >= 11 is 0. The molecule has 3 aromatic carbocycles. The molecule has 1 heterocycles. The number of ether oxygens (including phenoxy) is 1. The van der Waals surface area contributed by atoms with E-state index in [4.69, 9.17) is 4.74 Å². The molecule has 10 heteroatoms. The Morgan fingerprint density at radius 1 is 0.759 bits per heavy atom. The highest BCUT2D eigenvalue weighted by Crippen LogP contribution is 2.80. The molecule has 462 valence electrons. The summed E-state index contributed by atoms with van der Waals surface area (Å²) in [4.78, 5) is 30.0. The van der Waals surface area contributed by atoms with Crippen molar-refractivity contribution in [3.05, 3.63) is 129 Å². The zero-order valence-corrected chi connectivity index (χ0v) is 51.6. The monoisotopic (exact) mass is 1180 g/mol. The largest absolute Gasteiger partial charge is 0.454 e. The van der Waals surface area contributed by atoms with Gasteiger partial charge in [-0.05, 0) is 233 Å². The van der Waals surface area contributed by atoms with Crippen molar-refractivity contribution < 1.29 is 45.0 Å². The van der Waals surface area contributed by atoms with Crippen molar-refractivity contribution in [2.75, 3.05) is 7.05 Å². The first-order valence-corrected chi connectivity index (χ1v) is 34.8. The first-order valence-electron chi connectivity index (χ1n) is 34.8. The number of allylic oxidation sites excluding steroid dienone is 2. The molecule has 9 saturated carbocycles. The molecule has 7 N–H and O–H groups in total. The first kappa shape index (κ1) is 57.7. The number of aliphatic hydroxyl groups excluding tert-OH is 3. The van der Waals surface area contributed by atoms with Crippen LogP contribution in [0.5, 0.6) is 0 Å². The molecule has 0 radical (unpaired) electrons. The van der Waals surface area contributed by atoms with E-state index in [0.29, 0.717) is 63.2 Å². The van der Waals surface area contributed by atoms with Gasteiger partial charge in [0.25, 0.3) is 0 Å². The molecule has 10 nitrogen and oxygen atoms in total. The maximum Gasteiger partial charge on any atom is 0.331 e. The predicted octanol–water partition coefficient (Wildman–Crippen LogP) is 10.8. The van der Waals surface area contributed by atoms with Gasteiger partial charge in [-0.2, -0.15) is 0 Å². The third kappa shape index (κ3) is 8.09. The van der Waals surface area contributed by atoms with E-state index >= 15 is 15.0 Å². The van der Waals surface area contributed by atoms with Crippen LogP contribution in [0.25, 0.3) is 0 Å². The molecule has 23 unspecified atom stereocenters. The number of nitrogens with one attached hydrogen (secondary N) is 1. The number of esters is 1. The van der Waals surface area contributed by atoms with Crippen LogP contribution in [-0.4, -0.2) is 91.1 Å². The molecule has 0 saturated heterocycles. The van der Waals surface area contributed by atoms with Crippen LogP contribution in [-0.2, 0) is 40.2 Å². The lowest BCUT2D eigenvalue weighted by Crippen LogP contribution is -2.86. The second-order valence-corrected chi connectivity index (χ2v) is 31.9. The van der Waals surface area contributed by atoms with Gasteiger partial charge in [0.05, 0.1) is 29.8 Å². The van der Waals surface area contributed by atoms with Gasteiger partial charge in [-0.25, -0.2) is 4.79 Å². The molecule has 15 bridgehead atoms. The summed E-state index contributed by atoms with van der Waals surface area (Å²) in [7, 11) is 1.96. The molecular weight excluding hydrogens is 1080 g/mol. The summed E-state index contributed by atoms with van der Waals surface area (Å²) in [5, 5.41) is 88.8. The number of hydrogen-bond acceptors (Lipinski definition) is 10. The van der Waals surface area contributed by atoms with Crippen molar-refractivity contribution in [3.8, 4) is 11.8 Å². The number of aliphatic hydroxyl groups is 6. The van der Waals surface area contributed by atoms with Crippen LogP contribution in [0.15, 0.2) is 90.5 Å². The Morgan fingerprint density at radius 3 is 2.31 bits per heavy atom. The second-order valence-electron chi connectivity index (χ2n) is 31.9. The fourth-order valence-corrected chi connectivity index (χ4v) is 25.4. The highest BCUT2D eigenvalue weighted by molar-refractivity contribution is 5.86. The van der Waals surface area contributed by atoms with Crippen LogP contribution in [0.2, 0.25) is 0 Å². The highest BCUT2D eigenvalue weighted by atomic mass is 16.5. The Balaban J connectivity index is 0.932. The molecule has 1 aliphatic heterocycles. The molecule has 87 heavy (non-hydrogen) atoms. The average molecular weight is 1180 g/mol. The fraction of sp³-hybridized carbons (Fsp3) is 0.662. The molecular formula is C77H95NO9. The summed E-state index contributed by atoms with van der Waals surface area (Å²) in [5.74, 6) is 5.33. The third-order valence-electron chi connectivity index (χ3n) is 28.7. The van der Waals surface area contributed by atoms with Crippen LogP contribution in [0.3, 0.4) is 0 Å². The standard InChI is InChI=1S/C77H95NO9/c1-3-56-51-15-6-10-45(31-51)20-21-46-23-28-72(39-46)43-74(44-80)65-25-29-73-42-71(26-22-48(38-71)30-47-11-7-16-52(56)32-47)27-24-50-14-8-18-54(41-79)58(50)36-64(78-2)60-33-55(67(73)61-37-66(81)87-68(60)61)40-75(73,84)77(65,86)70(83)63-35-59-53(34-62(69(72)82)76(63,74)85)17-9-19-57(59)49-12-4-5-13-49/h6-11,14-18,31-32,37,44,46,48-49,53,55-57,59-60,62-65,67-70,78-79,82-86H,3-5,12-13,19-23,25-26,28-30,33-36,38-43H2,1-2H3. The number of carbonyl (C=O) groups is 2. The Labute approximate surface area is 515 Å². The Hall–Kier alpha value is -4.44. The third-order valence-corrected chi connectivity index (χ3v) is 28.7. The van der Waals surface area contributed by atoms with Gasteiger partial charge in [0.2, 0.25) is 0 Å². The first-order chi connectivity index (χ1) is 42.1. The van der Waals surface area contributed by atoms with E-state index in [1.165, 1.54) is 35.1 Å². The normalized spacial score (nSPS) is 47.3. The van der Waals surface area contributed by atoms with Crippen molar-refractivity contribution in [2.24, 2.45) is 92.7 Å². The van der Waals surface area contributed by atoms with Gasteiger partial charge >= 0.3 is 5.97 Å². The molecule has 14 aliphatic carbocycles. The quantitative estimate of drug-likeness (QED) is 0.0563. The number of rotatable bonds is 5. The predicted molar refractivity (Wildman–Crippen MR) is 332 cm³/mol. The van der Waals surface area contributed by atoms with Crippen LogP contribution in [0.4, 0.5) is 0 Å². The van der Waals surface area contributed by atoms with Crippen LogP contribution in [0, 0.1) is 105 Å². The summed E-state index contributed by atoms with van der Waals surface area (Å²) in [6.07, 6.45) is 21.5. The Bertz CT molecular complexity index is 3370. The average Bonchev–Trinajstić information content (AvgIpc) is 1.62. The zero-order valence-electron chi connectivity index (χ0n) is 51.6. The van der Waals surface area contributed by atoms with Gasteiger partial charge in [0.1, 0.15) is 23.6 Å². The van der Waals surface area contributed by atoms with Gasteiger partial charge < -0.3 is 45.5 Å². The van der Waals surface area contributed by atoms with Gasteiger partial charge in [0.15, 0.2) is 0 Å². The number of carbonyl (C=O) groups excluding carboxylic acids is 2. The molecule has 15 aliphatic rings. The van der Waals surface area contributed by atoms with Crippen molar-refractivity contribution in [1.82, 2.24) is 5.32 Å². The van der Waals surface area contributed by atoms with Crippen molar-refractivity contribution in [1.29, 1.82) is 0 Å². The van der Waals surface area contributed by atoms with E-state index in [1.807, 2.05) is 19.2 Å². The summed E-state index contributed by atoms with van der Waals surface area (Å²) in [5.41, 5.74) is -1.66. The van der Waals surface area contributed by atoms with E-state index in [0.717, 1.165) is 99.2 Å². The molecule has 3 spiro atoms. The van der Waals surface area contributed by atoms with Crippen LogP contribution in [0.1, 0.15) is 187 Å². The van der Waals surface area contributed by atoms with Crippen LogP contribution >= 0.6 is 0 Å². The SMILES string of the molecule is CCC1c2cccc(c2)CCC2CCC3(C2)CC2(C=O)C4CCC56CC7(C#Cc8cccc(CO)c8CC(NC)C8CC(CC5(O)C4(O)C(O)C4CC5C(C=CCC5C5CCCC5)CC(C3O)C42O)C6C2=CC(=O)OC28)CCC(Cc2cccc1c2)C7. The minimum Gasteiger partial charge on any atom is -0.454 e. The minimum atomic E-state index is -2.29. The fourth-order valence-electron chi connectivity index (χ4n) is 25.4.